The first-order chi connectivity index (χ1) is 10.8. The van der Waals surface area contributed by atoms with Gasteiger partial charge in [0.15, 0.2) is 16.7 Å². The van der Waals surface area contributed by atoms with Crippen LogP contribution >= 0.6 is 11.8 Å². The molecule has 0 saturated heterocycles. The van der Waals surface area contributed by atoms with Crippen LogP contribution in [0, 0.1) is 0 Å². The van der Waals surface area contributed by atoms with Crippen molar-refractivity contribution in [1.82, 2.24) is 14.8 Å². The molecule has 1 aromatic carbocycles. The Hall–Kier alpha value is -2.01. The minimum Gasteiger partial charge on any atom is -0.461 e. The fourth-order valence-electron chi connectivity index (χ4n) is 3.00. The van der Waals surface area contributed by atoms with Crippen molar-refractivity contribution in [2.45, 2.75) is 29.7 Å². The van der Waals surface area contributed by atoms with Crippen LogP contribution in [-0.4, -0.2) is 14.8 Å². The maximum Gasteiger partial charge on any atom is 0.200 e. The Morgan fingerprint density at radius 3 is 2.95 bits per heavy atom. The van der Waals surface area contributed by atoms with E-state index in [0.717, 1.165) is 16.7 Å². The Balaban J connectivity index is 1.63. The summed E-state index contributed by atoms with van der Waals surface area (Å²) in [5.41, 5.74) is 2.92. The fraction of sp³-hybridized carbons (Fsp3) is 0.294. The van der Waals surface area contributed by atoms with Gasteiger partial charge in [0.05, 0.1) is 6.26 Å². The van der Waals surface area contributed by atoms with Gasteiger partial charge in [0.25, 0.3) is 0 Å². The Bertz CT molecular complexity index is 779. The lowest BCUT2D eigenvalue weighted by molar-refractivity contribution is 0.572. The quantitative estimate of drug-likeness (QED) is 0.725. The lowest BCUT2D eigenvalue weighted by atomic mass is 9.91. The number of furan rings is 1. The van der Waals surface area contributed by atoms with E-state index in [4.69, 9.17) is 4.42 Å². The lowest BCUT2D eigenvalue weighted by Crippen LogP contribution is -2.07. The zero-order chi connectivity index (χ0) is 14.9. The number of nitrogens with zero attached hydrogens (tertiary/aromatic N) is 3. The summed E-state index contributed by atoms with van der Waals surface area (Å²) < 4.78 is 7.44. The highest BCUT2D eigenvalue weighted by molar-refractivity contribution is 7.99. The molecule has 0 saturated carbocycles. The maximum atomic E-state index is 5.43. The Morgan fingerprint density at radius 1 is 1.18 bits per heavy atom. The molecule has 0 N–H and O–H groups in total. The minimum atomic E-state index is 0.456. The van der Waals surface area contributed by atoms with E-state index in [1.807, 2.05) is 23.7 Å². The summed E-state index contributed by atoms with van der Waals surface area (Å²) in [5, 5.41) is 10.0. The van der Waals surface area contributed by atoms with Crippen LogP contribution in [0.1, 0.15) is 29.2 Å². The van der Waals surface area contributed by atoms with Gasteiger partial charge in [-0.05, 0) is 42.5 Å². The first-order valence-electron chi connectivity index (χ1n) is 7.50. The molecule has 1 atom stereocenters. The minimum absolute atomic E-state index is 0.456. The molecule has 22 heavy (non-hydrogen) atoms. The average molecular weight is 311 g/mol. The number of thioether (sulfide) groups is 1. The van der Waals surface area contributed by atoms with E-state index in [-0.39, 0.29) is 0 Å². The van der Waals surface area contributed by atoms with Crippen molar-refractivity contribution in [1.29, 1.82) is 0 Å². The normalized spacial score (nSPS) is 17.4. The predicted molar refractivity (Wildman–Crippen MR) is 86.7 cm³/mol. The van der Waals surface area contributed by atoms with Crippen molar-refractivity contribution in [2.75, 3.05) is 0 Å². The van der Waals surface area contributed by atoms with Crippen LogP contribution in [0.25, 0.3) is 11.6 Å². The maximum absolute atomic E-state index is 5.43. The van der Waals surface area contributed by atoms with Crippen LogP contribution in [0.3, 0.4) is 0 Å². The molecular weight excluding hydrogens is 294 g/mol. The van der Waals surface area contributed by atoms with E-state index in [0.29, 0.717) is 5.25 Å². The molecular formula is C17H17N3OS. The highest BCUT2D eigenvalue weighted by Crippen LogP contribution is 2.43. The third-order valence-corrected chi connectivity index (χ3v) is 5.48. The SMILES string of the molecule is Cn1c(S[C@H]2CCCc3ccccc32)nnc1-c1ccco1. The van der Waals surface area contributed by atoms with Crippen LogP contribution in [0.15, 0.2) is 52.2 Å². The molecule has 1 aliphatic rings. The Labute approximate surface area is 133 Å². The van der Waals surface area contributed by atoms with E-state index in [2.05, 4.69) is 34.5 Å². The zero-order valence-electron chi connectivity index (χ0n) is 12.4. The second-order valence-corrected chi connectivity index (χ2v) is 6.71. The first kappa shape index (κ1) is 13.6. The van der Waals surface area contributed by atoms with Gasteiger partial charge < -0.3 is 8.98 Å². The van der Waals surface area contributed by atoms with Gasteiger partial charge in [0.1, 0.15) is 0 Å². The molecule has 0 unspecified atom stereocenters. The summed E-state index contributed by atoms with van der Waals surface area (Å²) in [6.45, 7) is 0. The van der Waals surface area contributed by atoms with Crippen molar-refractivity contribution >= 4 is 11.8 Å². The third-order valence-electron chi connectivity index (χ3n) is 4.14. The van der Waals surface area contributed by atoms with Gasteiger partial charge in [-0.25, -0.2) is 0 Å². The molecule has 1 aliphatic carbocycles. The van der Waals surface area contributed by atoms with Gasteiger partial charge in [-0.1, -0.05) is 36.0 Å². The van der Waals surface area contributed by atoms with E-state index in [1.54, 1.807) is 18.0 Å². The lowest BCUT2D eigenvalue weighted by Gasteiger charge is -2.24. The summed E-state index contributed by atoms with van der Waals surface area (Å²) in [6, 6.07) is 12.5. The highest BCUT2D eigenvalue weighted by atomic mass is 32.2. The summed E-state index contributed by atoms with van der Waals surface area (Å²) >= 11 is 1.80. The number of hydrogen-bond donors (Lipinski definition) is 0. The van der Waals surface area contributed by atoms with Gasteiger partial charge in [-0.3, -0.25) is 0 Å². The van der Waals surface area contributed by atoms with Crippen LogP contribution in [0.5, 0.6) is 0 Å². The summed E-state index contributed by atoms with van der Waals surface area (Å²) in [6.07, 6.45) is 5.26. The molecule has 4 rings (SSSR count). The van der Waals surface area contributed by atoms with Gasteiger partial charge >= 0.3 is 0 Å². The van der Waals surface area contributed by atoms with Crippen molar-refractivity contribution in [2.24, 2.45) is 7.05 Å². The molecule has 4 nitrogen and oxygen atoms in total. The summed E-state index contributed by atoms with van der Waals surface area (Å²) in [7, 11) is 1.99. The fourth-order valence-corrected chi connectivity index (χ4v) is 4.23. The molecule has 0 radical (unpaired) electrons. The zero-order valence-corrected chi connectivity index (χ0v) is 13.2. The smallest absolute Gasteiger partial charge is 0.200 e. The molecule has 0 spiro atoms. The molecule has 3 aromatic rings. The average Bonchev–Trinajstić information content (AvgIpc) is 3.18. The topological polar surface area (TPSA) is 43.9 Å². The van der Waals surface area contributed by atoms with Gasteiger partial charge in [-0.15, -0.1) is 10.2 Å². The summed E-state index contributed by atoms with van der Waals surface area (Å²) in [5.74, 6) is 1.53. The molecule has 0 fully saturated rings. The van der Waals surface area contributed by atoms with Gasteiger partial charge in [0, 0.05) is 12.3 Å². The van der Waals surface area contributed by atoms with Crippen LogP contribution in [0.4, 0.5) is 0 Å². The monoisotopic (exact) mass is 311 g/mol. The Kier molecular flexibility index (Phi) is 3.50. The van der Waals surface area contributed by atoms with E-state index in [1.165, 1.54) is 30.4 Å². The van der Waals surface area contributed by atoms with Gasteiger partial charge in [-0.2, -0.15) is 0 Å². The number of rotatable bonds is 3. The first-order valence-corrected chi connectivity index (χ1v) is 8.38. The standard InChI is InChI=1S/C17H17N3OS/c1-20-16(14-9-5-11-21-14)18-19-17(20)22-15-10-4-7-12-6-2-3-8-13(12)15/h2-3,5-6,8-9,11,15H,4,7,10H2,1H3/t15-/m0/s1. The second-order valence-electron chi connectivity index (χ2n) is 5.54. The van der Waals surface area contributed by atoms with Crippen molar-refractivity contribution < 1.29 is 4.42 Å². The number of benzene rings is 1. The third kappa shape index (κ3) is 2.35. The number of aryl methyl sites for hydroxylation is 1. The number of aromatic nitrogens is 3. The van der Waals surface area contributed by atoms with E-state index < -0.39 is 0 Å². The molecule has 5 heteroatoms. The second kappa shape index (κ2) is 5.65. The van der Waals surface area contributed by atoms with Crippen molar-refractivity contribution in [3.63, 3.8) is 0 Å². The number of hydrogen-bond acceptors (Lipinski definition) is 4. The number of fused-ring (bicyclic) bond motifs is 1. The van der Waals surface area contributed by atoms with Crippen molar-refractivity contribution in [3.8, 4) is 11.6 Å². The van der Waals surface area contributed by atoms with E-state index >= 15 is 0 Å². The molecule has 2 heterocycles. The molecule has 0 bridgehead atoms. The summed E-state index contributed by atoms with van der Waals surface area (Å²) in [4.78, 5) is 0. The largest absolute Gasteiger partial charge is 0.461 e. The molecule has 0 amide bonds. The molecule has 112 valence electrons. The predicted octanol–water partition coefficient (Wildman–Crippen LogP) is 4.24. The van der Waals surface area contributed by atoms with Crippen molar-refractivity contribution in [3.05, 3.63) is 53.8 Å². The van der Waals surface area contributed by atoms with Gasteiger partial charge in [0.2, 0.25) is 0 Å². The Morgan fingerprint density at radius 2 is 2.09 bits per heavy atom. The van der Waals surface area contributed by atoms with Crippen LogP contribution in [-0.2, 0) is 13.5 Å². The van der Waals surface area contributed by atoms with E-state index in [9.17, 15) is 0 Å². The molecule has 0 aliphatic heterocycles. The highest BCUT2D eigenvalue weighted by Gasteiger charge is 2.23. The van der Waals surface area contributed by atoms with Crippen LogP contribution in [0.2, 0.25) is 0 Å². The van der Waals surface area contributed by atoms with Crippen LogP contribution < -0.4 is 0 Å². The molecule has 2 aromatic heterocycles.